The van der Waals surface area contributed by atoms with Crippen molar-refractivity contribution in [3.05, 3.63) is 26.6 Å². The predicted molar refractivity (Wildman–Crippen MR) is 100 cm³/mol. The van der Waals surface area contributed by atoms with Gasteiger partial charge < -0.3 is 10.7 Å². The summed E-state index contributed by atoms with van der Waals surface area (Å²) in [5, 5.41) is 9.05. The molecule has 3 heterocycles. The Labute approximate surface area is 150 Å². The number of nitrogens with two attached hydrogens (primary N) is 1. The van der Waals surface area contributed by atoms with Crippen LogP contribution in [0.3, 0.4) is 0 Å². The molecule has 4 rings (SSSR count). The molecule has 0 saturated carbocycles. The molecule has 6 nitrogen and oxygen atoms in total. The minimum absolute atomic E-state index is 0.0208. The molecule has 2 atom stereocenters. The molecular formula is C15H17N5OS3. The van der Waals surface area contributed by atoms with Crippen molar-refractivity contribution in [2.45, 2.75) is 42.7 Å². The van der Waals surface area contributed by atoms with Gasteiger partial charge in [0.05, 0.1) is 10.6 Å². The average Bonchev–Trinajstić information content (AvgIpc) is 3.09. The molecule has 3 aromatic rings. The van der Waals surface area contributed by atoms with E-state index >= 15 is 0 Å². The summed E-state index contributed by atoms with van der Waals surface area (Å²) >= 11 is 4.52. The number of nitrogens with zero attached hydrogens (tertiary/aromatic N) is 3. The number of H-pyrrole nitrogens is 1. The first-order chi connectivity index (χ1) is 11.5. The van der Waals surface area contributed by atoms with Gasteiger partial charge in [-0.3, -0.25) is 4.79 Å². The van der Waals surface area contributed by atoms with Crippen LogP contribution in [0, 0.1) is 5.92 Å². The molecule has 1 aliphatic rings. The number of anilines is 1. The van der Waals surface area contributed by atoms with Crippen molar-refractivity contribution < 1.29 is 0 Å². The minimum Gasteiger partial charge on any atom is -0.374 e. The quantitative estimate of drug-likeness (QED) is 0.677. The third-order valence-electron chi connectivity index (χ3n) is 4.27. The summed E-state index contributed by atoms with van der Waals surface area (Å²) in [6, 6.07) is 0. The molecule has 0 aliphatic heterocycles. The van der Waals surface area contributed by atoms with Crippen LogP contribution >= 0.6 is 34.4 Å². The van der Waals surface area contributed by atoms with Gasteiger partial charge in [0.2, 0.25) is 5.13 Å². The number of aromatic nitrogens is 4. The van der Waals surface area contributed by atoms with Gasteiger partial charge >= 0.3 is 0 Å². The maximum Gasteiger partial charge on any atom is 0.259 e. The molecule has 0 amide bonds. The largest absolute Gasteiger partial charge is 0.374 e. The van der Waals surface area contributed by atoms with E-state index in [-0.39, 0.29) is 10.8 Å². The topological polar surface area (TPSA) is 97.5 Å². The Hall–Kier alpha value is -1.45. The van der Waals surface area contributed by atoms with E-state index in [1.54, 1.807) is 11.3 Å². The number of thioether (sulfide) groups is 1. The average molecular weight is 380 g/mol. The summed E-state index contributed by atoms with van der Waals surface area (Å²) < 4.78 is 0.780. The predicted octanol–water partition coefficient (Wildman–Crippen LogP) is 3.40. The molecule has 3 N–H and O–H groups in total. The lowest BCUT2D eigenvalue weighted by Crippen LogP contribution is -2.15. The summed E-state index contributed by atoms with van der Waals surface area (Å²) in [5.41, 5.74) is 6.81. The Bertz CT molecular complexity index is 960. The van der Waals surface area contributed by atoms with E-state index in [0.717, 1.165) is 33.8 Å². The molecule has 0 aromatic carbocycles. The molecule has 24 heavy (non-hydrogen) atoms. The van der Waals surface area contributed by atoms with Crippen LogP contribution in [0.15, 0.2) is 9.13 Å². The number of fused-ring (bicyclic) bond motifs is 3. The zero-order valence-electron chi connectivity index (χ0n) is 13.3. The Kier molecular flexibility index (Phi) is 4.09. The highest BCUT2D eigenvalue weighted by Gasteiger charge is 2.24. The molecule has 126 valence electrons. The fourth-order valence-electron chi connectivity index (χ4n) is 3.03. The molecule has 0 unspecified atom stereocenters. The number of hydrogen-bond donors (Lipinski definition) is 2. The number of nitrogen functional groups attached to an aromatic ring is 1. The summed E-state index contributed by atoms with van der Waals surface area (Å²) in [7, 11) is 0. The summed E-state index contributed by atoms with van der Waals surface area (Å²) in [6.45, 7) is 4.27. The van der Waals surface area contributed by atoms with Crippen LogP contribution in [0.1, 0.15) is 41.8 Å². The van der Waals surface area contributed by atoms with Crippen molar-refractivity contribution >= 4 is 49.8 Å². The van der Waals surface area contributed by atoms with Gasteiger partial charge in [0.1, 0.15) is 10.7 Å². The van der Waals surface area contributed by atoms with Gasteiger partial charge in [0.15, 0.2) is 4.34 Å². The lowest BCUT2D eigenvalue weighted by Gasteiger charge is -2.17. The van der Waals surface area contributed by atoms with Crippen LogP contribution in [0.4, 0.5) is 5.13 Å². The van der Waals surface area contributed by atoms with Crippen LogP contribution < -0.4 is 11.3 Å². The molecule has 3 aromatic heterocycles. The van der Waals surface area contributed by atoms with Crippen LogP contribution in [-0.2, 0) is 12.8 Å². The van der Waals surface area contributed by atoms with Crippen molar-refractivity contribution in [1.29, 1.82) is 0 Å². The van der Waals surface area contributed by atoms with E-state index in [9.17, 15) is 4.79 Å². The normalized spacial score (nSPS) is 18.7. The van der Waals surface area contributed by atoms with Gasteiger partial charge in [-0.25, -0.2) is 4.98 Å². The fourth-order valence-corrected chi connectivity index (χ4v) is 6.26. The van der Waals surface area contributed by atoms with Crippen molar-refractivity contribution in [1.82, 2.24) is 20.2 Å². The molecule has 0 saturated heterocycles. The number of aryl methyl sites for hydroxylation is 1. The third kappa shape index (κ3) is 2.84. The standard InChI is InChI=1S/C15H17N5OS3/c1-6-3-4-8-9(5-6)23-13-10(8)12(21)17-11(18-13)7(2)22-15-20-19-14(16)24-15/h6-7H,3-5H2,1-2H3,(H2,16,19)(H,17,18,21)/t6-,7+/m0/s1. The van der Waals surface area contributed by atoms with Gasteiger partial charge in [0.25, 0.3) is 5.56 Å². The zero-order valence-corrected chi connectivity index (χ0v) is 15.8. The third-order valence-corrected chi connectivity index (χ3v) is 7.36. The van der Waals surface area contributed by atoms with Crippen LogP contribution in [-0.4, -0.2) is 20.2 Å². The number of thiophene rings is 1. The number of hydrogen-bond acceptors (Lipinski definition) is 8. The maximum absolute atomic E-state index is 12.6. The number of rotatable bonds is 3. The molecule has 1 aliphatic carbocycles. The van der Waals surface area contributed by atoms with Crippen molar-refractivity contribution in [2.75, 3.05) is 5.73 Å². The first-order valence-electron chi connectivity index (χ1n) is 7.81. The van der Waals surface area contributed by atoms with E-state index in [0.29, 0.717) is 16.9 Å². The second-order valence-electron chi connectivity index (χ2n) is 6.15. The minimum atomic E-state index is -0.0220. The van der Waals surface area contributed by atoms with Crippen molar-refractivity contribution in [3.63, 3.8) is 0 Å². The molecule has 0 bridgehead atoms. The summed E-state index contributed by atoms with van der Waals surface area (Å²) in [6.07, 6.45) is 3.18. The van der Waals surface area contributed by atoms with E-state index in [2.05, 4.69) is 22.1 Å². The molecule has 0 fully saturated rings. The molecule has 9 heteroatoms. The fraction of sp³-hybridized carbons (Fsp3) is 0.467. The number of nitrogens with one attached hydrogen (secondary N) is 1. The van der Waals surface area contributed by atoms with Gasteiger partial charge in [-0.05, 0) is 37.7 Å². The highest BCUT2D eigenvalue weighted by Crippen LogP contribution is 2.38. The lowest BCUT2D eigenvalue weighted by molar-refractivity contribution is 0.509. The first-order valence-corrected chi connectivity index (χ1v) is 10.3. The van der Waals surface area contributed by atoms with Gasteiger partial charge in [-0.15, -0.1) is 21.5 Å². The highest BCUT2D eigenvalue weighted by molar-refractivity contribution is 8.01. The maximum atomic E-state index is 12.6. The SMILES string of the molecule is C[C@H]1CCc2c(sc3nc([C@@H](C)Sc4nnc(N)s4)[nH]c(=O)c23)C1. The second kappa shape index (κ2) is 6.12. The zero-order chi connectivity index (χ0) is 16.8. The van der Waals surface area contributed by atoms with Crippen LogP contribution in [0.25, 0.3) is 10.2 Å². The molecular weight excluding hydrogens is 362 g/mol. The van der Waals surface area contributed by atoms with Gasteiger partial charge in [-0.2, -0.15) is 0 Å². The van der Waals surface area contributed by atoms with Gasteiger partial charge in [0, 0.05) is 4.88 Å². The Morgan fingerprint density at radius 1 is 1.38 bits per heavy atom. The summed E-state index contributed by atoms with van der Waals surface area (Å²) in [4.78, 5) is 22.5. The number of aromatic amines is 1. The van der Waals surface area contributed by atoms with E-state index < -0.39 is 0 Å². The van der Waals surface area contributed by atoms with E-state index in [1.165, 1.54) is 33.5 Å². The second-order valence-corrected chi connectivity index (χ2v) is 9.83. The molecule has 0 spiro atoms. The Morgan fingerprint density at radius 2 is 2.21 bits per heavy atom. The summed E-state index contributed by atoms with van der Waals surface area (Å²) in [5.74, 6) is 1.36. The lowest BCUT2D eigenvalue weighted by atomic mass is 9.89. The van der Waals surface area contributed by atoms with Gasteiger partial charge in [-0.1, -0.05) is 30.0 Å². The Morgan fingerprint density at radius 3 is 2.96 bits per heavy atom. The molecule has 0 radical (unpaired) electrons. The van der Waals surface area contributed by atoms with Crippen LogP contribution in [0.2, 0.25) is 0 Å². The van der Waals surface area contributed by atoms with Crippen molar-refractivity contribution in [2.24, 2.45) is 5.92 Å². The van der Waals surface area contributed by atoms with Crippen LogP contribution in [0.5, 0.6) is 0 Å². The van der Waals surface area contributed by atoms with E-state index in [4.69, 9.17) is 10.7 Å². The van der Waals surface area contributed by atoms with E-state index in [1.807, 2.05) is 6.92 Å². The highest BCUT2D eigenvalue weighted by atomic mass is 32.2. The first kappa shape index (κ1) is 16.0. The van der Waals surface area contributed by atoms with Crippen molar-refractivity contribution in [3.8, 4) is 0 Å². The monoisotopic (exact) mass is 379 g/mol. The Balaban J connectivity index is 1.71. The smallest absolute Gasteiger partial charge is 0.259 e.